The van der Waals surface area contributed by atoms with Crippen molar-refractivity contribution in [3.05, 3.63) is 22.4 Å². The van der Waals surface area contributed by atoms with Crippen LogP contribution in [0.2, 0.25) is 0 Å². The van der Waals surface area contributed by atoms with Crippen molar-refractivity contribution in [2.24, 2.45) is 5.92 Å². The zero-order chi connectivity index (χ0) is 17.5. The fraction of sp³-hybridized carbons (Fsp3) is 0.737. The highest BCUT2D eigenvalue weighted by Crippen LogP contribution is 2.36. The van der Waals surface area contributed by atoms with E-state index in [0.29, 0.717) is 5.92 Å². The van der Waals surface area contributed by atoms with Crippen LogP contribution in [0.4, 0.5) is 4.79 Å². The standard InChI is InChI=1S/C19H31N3O2S/c1-24-14-13-21-9-11-22(12-10-21)19(23)20-18(17-8-5-15-25-17)16-6-3-2-4-7-16/h5,8,15-16,18H,2-4,6-7,9-14H2,1H3,(H,20,23)/t18-/m0/s1. The highest BCUT2D eigenvalue weighted by molar-refractivity contribution is 7.10. The van der Waals surface area contributed by atoms with Crippen LogP contribution in [0.5, 0.6) is 0 Å². The third-order valence-electron chi connectivity index (χ3n) is 5.52. The van der Waals surface area contributed by atoms with Gasteiger partial charge in [-0.15, -0.1) is 11.3 Å². The number of methoxy groups -OCH3 is 1. The van der Waals surface area contributed by atoms with Gasteiger partial charge in [0.25, 0.3) is 0 Å². The lowest BCUT2D eigenvalue weighted by molar-refractivity contribution is 0.104. The first-order chi connectivity index (χ1) is 12.3. The monoisotopic (exact) mass is 365 g/mol. The molecule has 2 heterocycles. The summed E-state index contributed by atoms with van der Waals surface area (Å²) in [7, 11) is 1.74. The van der Waals surface area contributed by atoms with Gasteiger partial charge in [0, 0.05) is 44.7 Å². The number of ether oxygens (including phenoxy) is 1. The highest BCUT2D eigenvalue weighted by Gasteiger charge is 2.29. The van der Waals surface area contributed by atoms with Crippen LogP contribution >= 0.6 is 11.3 Å². The number of thiophene rings is 1. The Morgan fingerprint density at radius 2 is 2.04 bits per heavy atom. The second-order valence-corrected chi connectivity index (χ2v) is 8.14. The van der Waals surface area contributed by atoms with E-state index in [9.17, 15) is 4.79 Å². The van der Waals surface area contributed by atoms with E-state index in [4.69, 9.17) is 4.74 Å². The Labute approximate surface area is 155 Å². The molecule has 5 nitrogen and oxygen atoms in total. The zero-order valence-electron chi connectivity index (χ0n) is 15.3. The molecule has 25 heavy (non-hydrogen) atoms. The van der Waals surface area contributed by atoms with Crippen molar-refractivity contribution in [1.82, 2.24) is 15.1 Å². The molecule has 1 saturated heterocycles. The summed E-state index contributed by atoms with van der Waals surface area (Å²) in [6.07, 6.45) is 6.38. The van der Waals surface area contributed by atoms with E-state index in [0.717, 1.165) is 39.3 Å². The number of urea groups is 1. The minimum absolute atomic E-state index is 0.107. The second kappa shape index (κ2) is 9.55. The van der Waals surface area contributed by atoms with Gasteiger partial charge in [-0.3, -0.25) is 4.90 Å². The topological polar surface area (TPSA) is 44.8 Å². The Morgan fingerprint density at radius 3 is 2.68 bits per heavy atom. The molecule has 1 aromatic rings. The zero-order valence-corrected chi connectivity index (χ0v) is 16.1. The van der Waals surface area contributed by atoms with Gasteiger partial charge in [-0.1, -0.05) is 25.3 Å². The third kappa shape index (κ3) is 5.19. The first-order valence-corrected chi connectivity index (χ1v) is 10.5. The number of carbonyl (C=O) groups is 1. The normalized spacial score (nSPS) is 21.2. The maximum atomic E-state index is 12.8. The average molecular weight is 366 g/mol. The fourth-order valence-corrected chi connectivity index (χ4v) is 4.85. The maximum absolute atomic E-state index is 12.8. The number of hydrogen-bond acceptors (Lipinski definition) is 4. The van der Waals surface area contributed by atoms with Crippen LogP contribution in [0.15, 0.2) is 17.5 Å². The summed E-state index contributed by atoms with van der Waals surface area (Å²) < 4.78 is 5.15. The minimum Gasteiger partial charge on any atom is -0.383 e. The SMILES string of the molecule is COCCN1CCN(C(=O)N[C@H](c2cccs2)C2CCCCC2)CC1. The summed E-state index contributed by atoms with van der Waals surface area (Å²) in [6.45, 7) is 5.18. The largest absolute Gasteiger partial charge is 0.383 e. The van der Waals surface area contributed by atoms with E-state index in [1.165, 1.54) is 37.0 Å². The molecule has 1 N–H and O–H groups in total. The quantitative estimate of drug-likeness (QED) is 0.841. The van der Waals surface area contributed by atoms with Gasteiger partial charge in [0.15, 0.2) is 0 Å². The van der Waals surface area contributed by atoms with Crippen LogP contribution in [-0.2, 0) is 4.74 Å². The molecular weight excluding hydrogens is 334 g/mol. The van der Waals surface area contributed by atoms with Crippen LogP contribution in [0.1, 0.15) is 43.0 Å². The molecule has 1 aliphatic carbocycles. The smallest absolute Gasteiger partial charge is 0.318 e. The molecule has 0 spiro atoms. The van der Waals surface area contributed by atoms with Crippen molar-refractivity contribution < 1.29 is 9.53 Å². The average Bonchev–Trinajstić information content (AvgIpc) is 3.20. The molecule has 6 heteroatoms. The number of nitrogens with zero attached hydrogens (tertiary/aromatic N) is 2. The van der Waals surface area contributed by atoms with Crippen LogP contribution in [0.25, 0.3) is 0 Å². The number of nitrogens with one attached hydrogen (secondary N) is 1. The lowest BCUT2D eigenvalue weighted by Crippen LogP contribution is -2.53. The molecule has 0 unspecified atom stereocenters. The predicted octanol–water partition coefficient (Wildman–Crippen LogP) is 3.34. The van der Waals surface area contributed by atoms with E-state index in [1.807, 2.05) is 4.90 Å². The maximum Gasteiger partial charge on any atom is 0.318 e. The lowest BCUT2D eigenvalue weighted by atomic mass is 9.83. The molecule has 140 valence electrons. The molecule has 2 aliphatic rings. The van der Waals surface area contributed by atoms with Crippen molar-refractivity contribution in [2.45, 2.75) is 38.1 Å². The Hall–Kier alpha value is -1.11. The summed E-state index contributed by atoms with van der Waals surface area (Å²) in [4.78, 5) is 18.5. The Bertz CT molecular complexity index is 509. The van der Waals surface area contributed by atoms with Crippen LogP contribution in [0, 0.1) is 5.92 Å². The van der Waals surface area contributed by atoms with E-state index >= 15 is 0 Å². The minimum atomic E-state index is 0.107. The summed E-state index contributed by atoms with van der Waals surface area (Å²) in [6, 6.07) is 4.55. The van der Waals surface area contributed by atoms with Gasteiger partial charge in [-0.25, -0.2) is 4.79 Å². The molecule has 1 aromatic heterocycles. The molecule has 1 saturated carbocycles. The number of amides is 2. The summed E-state index contributed by atoms with van der Waals surface area (Å²) in [5.41, 5.74) is 0. The number of rotatable bonds is 6. The van der Waals surface area contributed by atoms with Crippen molar-refractivity contribution in [1.29, 1.82) is 0 Å². The van der Waals surface area contributed by atoms with E-state index in [-0.39, 0.29) is 12.1 Å². The van der Waals surface area contributed by atoms with Crippen molar-refractivity contribution in [3.8, 4) is 0 Å². The van der Waals surface area contributed by atoms with Crippen LogP contribution < -0.4 is 5.32 Å². The first-order valence-electron chi connectivity index (χ1n) is 9.58. The highest BCUT2D eigenvalue weighted by atomic mass is 32.1. The molecule has 1 aliphatic heterocycles. The Morgan fingerprint density at radius 1 is 1.28 bits per heavy atom. The predicted molar refractivity (Wildman–Crippen MR) is 102 cm³/mol. The number of carbonyl (C=O) groups excluding carboxylic acids is 1. The van der Waals surface area contributed by atoms with Gasteiger partial charge in [0.2, 0.25) is 0 Å². The molecule has 2 fully saturated rings. The third-order valence-corrected chi connectivity index (χ3v) is 6.48. The van der Waals surface area contributed by atoms with E-state index in [2.05, 4.69) is 27.7 Å². The molecule has 0 bridgehead atoms. The van der Waals surface area contributed by atoms with Crippen molar-refractivity contribution in [3.63, 3.8) is 0 Å². The van der Waals surface area contributed by atoms with Crippen LogP contribution in [0.3, 0.4) is 0 Å². The lowest BCUT2D eigenvalue weighted by Gasteiger charge is -2.37. The molecule has 2 amide bonds. The summed E-state index contributed by atoms with van der Waals surface area (Å²) in [5.74, 6) is 0.583. The van der Waals surface area contributed by atoms with Crippen molar-refractivity contribution in [2.75, 3.05) is 46.4 Å². The van der Waals surface area contributed by atoms with Gasteiger partial charge in [-0.2, -0.15) is 0 Å². The van der Waals surface area contributed by atoms with Crippen LogP contribution in [-0.4, -0.2) is 62.3 Å². The Balaban J connectivity index is 1.55. The molecule has 0 aromatic carbocycles. The fourth-order valence-electron chi connectivity index (χ4n) is 3.98. The van der Waals surface area contributed by atoms with Crippen molar-refractivity contribution >= 4 is 17.4 Å². The number of piperazine rings is 1. The molecule has 0 radical (unpaired) electrons. The van der Waals surface area contributed by atoms with E-state index in [1.54, 1.807) is 18.4 Å². The van der Waals surface area contributed by atoms with Gasteiger partial charge >= 0.3 is 6.03 Å². The Kier molecular flexibility index (Phi) is 7.13. The second-order valence-electron chi connectivity index (χ2n) is 7.16. The van der Waals surface area contributed by atoms with Gasteiger partial charge in [0.1, 0.15) is 0 Å². The summed E-state index contributed by atoms with van der Waals surface area (Å²) in [5, 5.41) is 5.49. The van der Waals surface area contributed by atoms with Gasteiger partial charge in [-0.05, 0) is 30.2 Å². The number of hydrogen-bond donors (Lipinski definition) is 1. The van der Waals surface area contributed by atoms with Gasteiger partial charge in [0.05, 0.1) is 12.6 Å². The molecule has 3 rings (SSSR count). The van der Waals surface area contributed by atoms with E-state index < -0.39 is 0 Å². The van der Waals surface area contributed by atoms with Gasteiger partial charge < -0.3 is 15.0 Å². The summed E-state index contributed by atoms with van der Waals surface area (Å²) >= 11 is 1.77. The molecular formula is C19H31N3O2S. The molecule has 1 atom stereocenters. The first kappa shape index (κ1) is 18.7.